The van der Waals surface area contributed by atoms with Crippen LogP contribution >= 0.6 is 0 Å². The second kappa shape index (κ2) is 10.8. The Morgan fingerprint density at radius 2 is 1.70 bits per heavy atom. The highest BCUT2D eigenvalue weighted by molar-refractivity contribution is 5.85. The molecular formula is C19H35N5O3. The van der Waals surface area contributed by atoms with E-state index >= 15 is 0 Å². The van der Waals surface area contributed by atoms with Crippen molar-refractivity contribution in [3.8, 4) is 0 Å². The summed E-state index contributed by atoms with van der Waals surface area (Å²) >= 11 is 0. The Bertz CT molecular complexity index is 532. The molecule has 0 heterocycles. The molecule has 0 aliphatic heterocycles. The monoisotopic (exact) mass is 381 g/mol. The van der Waals surface area contributed by atoms with Gasteiger partial charge in [-0.05, 0) is 46.5 Å². The number of ether oxygens (including phenoxy) is 1. The zero-order valence-electron chi connectivity index (χ0n) is 17.3. The molecule has 8 heteroatoms. The van der Waals surface area contributed by atoms with Gasteiger partial charge in [-0.15, -0.1) is 6.58 Å². The van der Waals surface area contributed by atoms with E-state index in [1.54, 1.807) is 20.2 Å². The minimum atomic E-state index is -0.491. The number of hydrogen-bond donors (Lipinski definition) is 3. The van der Waals surface area contributed by atoms with E-state index in [1.807, 2.05) is 20.8 Å². The van der Waals surface area contributed by atoms with E-state index in [9.17, 15) is 9.59 Å². The molecule has 3 N–H and O–H groups in total. The molecule has 0 unspecified atom stereocenters. The minimum absolute atomic E-state index is 0.0556. The predicted molar refractivity (Wildman–Crippen MR) is 108 cm³/mol. The summed E-state index contributed by atoms with van der Waals surface area (Å²) in [5.41, 5.74) is -0.491. The Labute approximate surface area is 162 Å². The summed E-state index contributed by atoms with van der Waals surface area (Å²) in [5, 5.41) is 9.45. The van der Waals surface area contributed by atoms with Gasteiger partial charge in [0.1, 0.15) is 12.1 Å². The van der Waals surface area contributed by atoms with E-state index in [0.717, 1.165) is 25.7 Å². The third-order valence-corrected chi connectivity index (χ3v) is 4.07. The van der Waals surface area contributed by atoms with Crippen LogP contribution in [0, 0.1) is 0 Å². The van der Waals surface area contributed by atoms with Gasteiger partial charge in [-0.1, -0.05) is 6.08 Å². The SMILES string of the molecule is C=CCNC(=NCC(=O)N(C)C)NC1CCC(NC(=O)OC(C)(C)C)CC1. The summed E-state index contributed by atoms with van der Waals surface area (Å²) in [6.07, 6.45) is 4.90. The van der Waals surface area contributed by atoms with Crippen LogP contribution in [-0.4, -0.2) is 67.7 Å². The summed E-state index contributed by atoms with van der Waals surface area (Å²) < 4.78 is 5.31. The molecule has 8 nitrogen and oxygen atoms in total. The van der Waals surface area contributed by atoms with Crippen LogP contribution in [0.3, 0.4) is 0 Å². The fourth-order valence-corrected chi connectivity index (χ4v) is 2.66. The Morgan fingerprint density at radius 1 is 1.15 bits per heavy atom. The number of nitrogens with zero attached hydrogens (tertiary/aromatic N) is 2. The second-order valence-corrected chi connectivity index (χ2v) is 7.96. The molecule has 0 bridgehead atoms. The lowest BCUT2D eigenvalue weighted by molar-refractivity contribution is -0.127. The molecule has 2 amide bonds. The van der Waals surface area contributed by atoms with Crippen LogP contribution in [-0.2, 0) is 9.53 Å². The van der Waals surface area contributed by atoms with Gasteiger partial charge in [0.25, 0.3) is 0 Å². The van der Waals surface area contributed by atoms with Gasteiger partial charge < -0.3 is 25.6 Å². The quantitative estimate of drug-likeness (QED) is 0.369. The molecule has 0 aromatic rings. The van der Waals surface area contributed by atoms with E-state index in [-0.39, 0.29) is 30.6 Å². The number of aliphatic imine (C=N–C) groups is 1. The highest BCUT2D eigenvalue weighted by Gasteiger charge is 2.25. The van der Waals surface area contributed by atoms with Crippen molar-refractivity contribution >= 4 is 18.0 Å². The third kappa shape index (κ3) is 9.86. The normalized spacial score (nSPS) is 20.4. The number of likely N-dealkylation sites (N-methyl/N-ethyl adjacent to an activating group) is 1. The van der Waals surface area contributed by atoms with E-state index < -0.39 is 5.60 Å². The summed E-state index contributed by atoms with van der Waals surface area (Å²) in [6.45, 7) is 9.91. The summed E-state index contributed by atoms with van der Waals surface area (Å²) in [7, 11) is 3.42. The maximum atomic E-state index is 11.9. The Balaban J connectivity index is 2.48. The van der Waals surface area contributed by atoms with Gasteiger partial charge in [-0.25, -0.2) is 9.79 Å². The molecular weight excluding hydrogens is 346 g/mol. The first-order chi connectivity index (χ1) is 12.6. The van der Waals surface area contributed by atoms with Crippen LogP contribution in [0.1, 0.15) is 46.5 Å². The van der Waals surface area contributed by atoms with Crippen molar-refractivity contribution in [1.82, 2.24) is 20.9 Å². The number of amides is 2. The van der Waals surface area contributed by atoms with Crippen molar-refractivity contribution in [3.63, 3.8) is 0 Å². The van der Waals surface area contributed by atoms with Gasteiger partial charge in [0.05, 0.1) is 0 Å². The van der Waals surface area contributed by atoms with Gasteiger partial charge in [0, 0.05) is 32.7 Å². The van der Waals surface area contributed by atoms with Crippen molar-refractivity contribution in [2.45, 2.75) is 64.1 Å². The van der Waals surface area contributed by atoms with Crippen LogP contribution in [0.15, 0.2) is 17.6 Å². The number of carbonyl (C=O) groups is 2. The predicted octanol–water partition coefficient (Wildman–Crippen LogP) is 1.63. The first kappa shape index (κ1) is 22.8. The first-order valence-corrected chi connectivity index (χ1v) is 9.46. The van der Waals surface area contributed by atoms with Crippen molar-refractivity contribution in [2.24, 2.45) is 4.99 Å². The van der Waals surface area contributed by atoms with Crippen molar-refractivity contribution in [3.05, 3.63) is 12.7 Å². The van der Waals surface area contributed by atoms with Gasteiger partial charge >= 0.3 is 6.09 Å². The molecule has 0 radical (unpaired) electrons. The fourth-order valence-electron chi connectivity index (χ4n) is 2.66. The lowest BCUT2D eigenvalue weighted by atomic mass is 9.91. The summed E-state index contributed by atoms with van der Waals surface area (Å²) in [4.78, 5) is 29.5. The van der Waals surface area contributed by atoms with Gasteiger partial charge in [-0.2, -0.15) is 0 Å². The molecule has 27 heavy (non-hydrogen) atoms. The molecule has 1 aliphatic carbocycles. The lowest BCUT2D eigenvalue weighted by Gasteiger charge is -2.31. The van der Waals surface area contributed by atoms with E-state index in [4.69, 9.17) is 4.74 Å². The Hall–Kier alpha value is -2.25. The lowest BCUT2D eigenvalue weighted by Crippen LogP contribution is -2.48. The smallest absolute Gasteiger partial charge is 0.407 e. The van der Waals surface area contributed by atoms with E-state index in [1.165, 1.54) is 4.90 Å². The van der Waals surface area contributed by atoms with Crippen molar-refractivity contribution in [1.29, 1.82) is 0 Å². The summed E-state index contributed by atoms with van der Waals surface area (Å²) in [5.74, 6) is 0.550. The number of rotatable bonds is 6. The van der Waals surface area contributed by atoms with Crippen LogP contribution in [0.2, 0.25) is 0 Å². The second-order valence-electron chi connectivity index (χ2n) is 7.96. The number of hydrogen-bond acceptors (Lipinski definition) is 4. The van der Waals surface area contributed by atoms with Crippen LogP contribution in [0.5, 0.6) is 0 Å². The maximum Gasteiger partial charge on any atom is 0.407 e. The molecule has 1 fully saturated rings. The van der Waals surface area contributed by atoms with Crippen molar-refractivity contribution in [2.75, 3.05) is 27.2 Å². The average molecular weight is 382 g/mol. The number of nitrogens with one attached hydrogen (secondary N) is 3. The highest BCUT2D eigenvalue weighted by atomic mass is 16.6. The average Bonchev–Trinajstić information content (AvgIpc) is 2.56. The maximum absolute atomic E-state index is 11.9. The molecule has 1 aliphatic rings. The highest BCUT2D eigenvalue weighted by Crippen LogP contribution is 2.19. The fraction of sp³-hybridized carbons (Fsp3) is 0.737. The summed E-state index contributed by atoms with van der Waals surface area (Å²) in [6, 6.07) is 0.363. The van der Waals surface area contributed by atoms with Crippen LogP contribution < -0.4 is 16.0 Å². The van der Waals surface area contributed by atoms with Gasteiger partial charge in [-0.3, -0.25) is 4.79 Å². The van der Waals surface area contributed by atoms with Crippen LogP contribution in [0.25, 0.3) is 0 Å². The molecule has 0 spiro atoms. The number of carbonyl (C=O) groups excluding carboxylic acids is 2. The van der Waals surface area contributed by atoms with E-state index in [0.29, 0.717) is 12.5 Å². The van der Waals surface area contributed by atoms with E-state index in [2.05, 4.69) is 27.5 Å². The molecule has 1 rings (SSSR count). The molecule has 1 saturated carbocycles. The minimum Gasteiger partial charge on any atom is -0.444 e. The molecule has 0 saturated heterocycles. The molecule has 154 valence electrons. The van der Waals surface area contributed by atoms with Gasteiger partial charge in [0.2, 0.25) is 5.91 Å². The number of guanidine groups is 1. The Morgan fingerprint density at radius 3 is 2.19 bits per heavy atom. The number of alkyl carbamates (subject to hydrolysis) is 1. The molecule has 0 atom stereocenters. The Kier molecular flexibility index (Phi) is 9.11. The zero-order chi connectivity index (χ0) is 20.4. The van der Waals surface area contributed by atoms with Crippen LogP contribution in [0.4, 0.5) is 4.79 Å². The largest absolute Gasteiger partial charge is 0.444 e. The molecule has 0 aromatic heterocycles. The standard InChI is InChI=1S/C19H35N5O3/c1-7-12-20-17(21-13-16(25)24(5)6)22-14-8-10-15(11-9-14)23-18(26)27-19(2,3)4/h7,14-15H,1,8-13H2,2-6H3,(H,23,26)(H2,20,21,22). The van der Waals surface area contributed by atoms with Gasteiger partial charge in [0.15, 0.2) is 5.96 Å². The third-order valence-electron chi connectivity index (χ3n) is 4.07. The molecule has 0 aromatic carbocycles. The topological polar surface area (TPSA) is 95.1 Å². The zero-order valence-corrected chi connectivity index (χ0v) is 17.3. The first-order valence-electron chi connectivity index (χ1n) is 9.46. The van der Waals surface area contributed by atoms with Crippen molar-refractivity contribution < 1.29 is 14.3 Å².